The third kappa shape index (κ3) is 9.67. The highest BCUT2D eigenvalue weighted by atomic mass is 16.7. The second-order valence-corrected chi connectivity index (χ2v) is 13.5. The third-order valence-corrected chi connectivity index (χ3v) is 10.00. The highest BCUT2D eigenvalue weighted by molar-refractivity contribution is 5.83. The SMILES string of the molecule is COC(=O)C(Cc1ccccc1)NC(=O)NCc1ccc(C2OC(CN3CCCC3CN3CCCC3)CC(c3ccc(CO)cc3)O2)cc1. The first kappa shape index (κ1) is 35.0. The van der Waals surface area contributed by atoms with E-state index in [9.17, 15) is 14.7 Å². The summed E-state index contributed by atoms with van der Waals surface area (Å²) in [5.41, 5.74) is 4.70. The van der Waals surface area contributed by atoms with Crippen molar-refractivity contribution >= 4 is 12.0 Å². The van der Waals surface area contributed by atoms with Crippen LogP contribution in [0, 0.1) is 0 Å². The summed E-state index contributed by atoms with van der Waals surface area (Å²) in [7, 11) is 1.32. The minimum absolute atomic E-state index is 0.00382. The number of nitrogens with one attached hydrogen (secondary N) is 2. The van der Waals surface area contributed by atoms with Gasteiger partial charge in [0.1, 0.15) is 6.04 Å². The van der Waals surface area contributed by atoms with Crippen molar-refractivity contribution in [3.05, 3.63) is 107 Å². The molecule has 3 N–H and O–H groups in total. The predicted molar refractivity (Wildman–Crippen MR) is 186 cm³/mol. The first-order chi connectivity index (χ1) is 24.0. The molecule has 5 atom stereocenters. The maximum Gasteiger partial charge on any atom is 0.328 e. The van der Waals surface area contributed by atoms with Crippen molar-refractivity contribution in [3.8, 4) is 0 Å². The quantitative estimate of drug-likeness (QED) is 0.221. The number of ether oxygens (including phenoxy) is 3. The number of methoxy groups -OCH3 is 1. The fourth-order valence-electron chi connectivity index (χ4n) is 7.27. The van der Waals surface area contributed by atoms with E-state index in [0.29, 0.717) is 12.5 Å². The van der Waals surface area contributed by atoms with Crippen LogP contribution < -0.4 is 10.6 Å². The molecule has 3 aliphatic heterocycles. The van der Waals surface area contributed by atoms with Crippen molar-refractivity contribution in [2.75, 3.05) is 39.8 Å². The molecule has 6 rings (SSSR count). The Morgan fingerprint density at radius 1 is 0.857 bits per heavy atom. The normalized spacial score (nSPS) is 23.6. The molecule has 3 saturated heterocycles. The molecule has 3 aromatic carbocycles. The minimum atomic E-state index is -0.799. The van der Waals surface area contributed by atoms with Crippen LogP contribution in [-0.2, 0) is 38.6 Å². The Bertz CT molecular complexity index is 1480. The van der Waals surface area contributed by atoms with E-state index in [1.54, 1.807) is 0 Å². The summed E-state index contributed by atoms with van der Waals surface area (Å²) in [6.45, 7) is 5.83. The second-order valence-electron chi connectivity index (χ2n) is 13.5. The Kier molecular flexibility index (Phi) is 12.3. The molecule has 3 heterocycles. The van der Waals surface area contributed by atoms with Crippen molar-refractivity contribution in [1.82, 2.24) is 20.4 Å². The van der Waals surface area contributed by atoms with E-state index in [-0.39, 0.29) is 25.4 Å². The van der Waals surface area contributed by atoms with Crippen molar-refractivity contribution in [2.45, 2.75) is 82.3 Å². The number of aliphatic hydroxyl groups is 1. The zero-order valence-corrected chi connectivity index (χ0v) is 28.5. The van der Waals surface area contributed by atoms with E-state index in [2.05, 4.69) is 20.4 Å². The first-order valence-corrected chi connectivity index (χ1v) is 17.7. The number of amides is 2. The van der Waals surface area contributed by atoms with Gasteiger partial charge in [-0.15, -0.1) is 0 Å². The fourth-order valence-corrected chi connectivity index (χ4v) is 7.27. The molecule has 3 fully saturated rings. The molecule has 2 amide bonds. The van der Waals surface area contributed by atoms with Gasteiger partial charge in [-0.05, 0) is 67.6 Å². The Labute approximate surface area is 289 Å². The summed E-state index contributed by atoms with van der Waals surface area (Å²) in [6.07, 6.45) is 5.49. The maximum atomic E-state index is 12.8. The summed E-state index contributed by atoms with van der Waals surface area (Å²) in [4.78, 5) is 30.4. The van der Waals surface area contributed by atoms with Gasteiger partial charge in [-0.1, -0.05) is 78.9 Å². The number of aliphatic hydroxyl groups excluding tert-OH is 1. The number of hydrogen-bond acceptors (Lipinski definition) is 8. The van der Waals surface area contributed by atoms with Crippen LogP contribution in [0.4, 0.5) is 4.79 Å². The molecule has 0 aromatic heterocycles. The lowest BCUT2D eigenvalue weighted by atomic mass is 9.99. The number of benzene rings is 3. The Hall–Kier alpha value is -3.80. The van der Waals surface area contributed by atoms with Gasteiger partial charge in [-0.3, -0.25) is 4.90 Å². The Morgan fingerprint density at radius 3 is 2.29 bits per heavy atom. The number of likely N-dealkylation sites (tertiary alicyclic amines) is 2. The number of carbonyl (C=O) groups excluding carboxylic acids is 2. The Balaban J connectivity index is 1.08. The van der Waals surface area contributed by atoms with Gasteiger partial charge < -0.3 is 34.9 Å². The zero-order valence-electron chi connectivity index (χ0n) is 28.5. The second kappa shape index (κ2) is 17.2. The first-order valence-electron chi connectivity index (χ1n) is 17.7. The summed E-state index contributed by atoms with van der Waals surface area (Å²) >= 11 is 0. The van der Waals surface area contributed by atoms with Crippen molar-refractivity contribution < 1.29 is 28.9 Å². The lowest BCUT2D eigenvalue weighted by Crippen LogP contribution is -2.47. The van der Waals surface area contributed by atoms with Gasteiger partial charge in [0.2, 0.25) is 0 Å². The molecule has 10 heteroatoms. The number of hydrogen-bond donors (Lipinski definition) is 3. The molecule has 0 spiro atoms. The molecule has 49 heavy (non-hydrogen) atoms. The molecular formula is C39H50N4O6. The summed E-state index contributed by atoms with van der Waals surface area (Å²) in [5, 5.41) is 15.2. The van der Waals surface area contributed by atoms with Gasteiger partial charge >= 0.3 is 12.0 Å². The van der Waals surface area contributed by atoms with Gasteiger partial charge in [0.05, 0.1) is 25.9 Å². The Morgan fingerprint density at radius 2 is 1.57 bits per heavy atom. The predicted octanol–water partition coefficient (Wildman–Crippen LogP) is 4.87. The molecule has 3 aromatic rings. The molecule has 0 aliphatic carbocycles. The van der Waals surface area contributed by atoms with Gasteiger partial charge in [0.15, 0.2) is 6.29 Å². The van der Waals surface area contributed by atoms with Crippen LogP contribution in [0.1, 0.15) is 72.3 Å². The van der Waals surface area contributed by atoms with Gasteiger partial charge in [-0.2, -0.15) is 0 Å². The smallest absolute Gasteiger partial charge is 0.328 e. The number of esters is 1. The van der Waals surface area contributed by atoms with Crippen molar-refractivity contribution in [3.63, 3.8) is 0 Å². The van der Waals surface area contributed by atoms with Gasteiger partial charge in [0.25, 0.3) is 0 Å². The van der Waals surface area contributed by atoms with Crippen LogP contribution in [0.15, 0.2) is 78.9 Å². The molecule has 10 nitrogen and oxygen atoms in total. The topological polar surface area (TPSA) is 113 Å². The zero-order chi connectivity index (χ0) is 34.0. The van der Waals surface area contributed by atoms with Crippen LogP contribution in [0.5, 0.6) is 0 Å². The third-order valence-electron chi connectivity index (χ3n) is 10.00. The van der Waals surface area contributed by atoms with E-state index in [1.807, 2.05) is 78.9 Å². The number of carbonyl (C=O) groups is 2. The monoisotopic (exact) mass is 670 g/mol. The van der Waals surface area contributed by atoms with E-state index >= 15 is 0 Å². The molecule has 262 valence electrons. The van der Waals surface area contributed by atoms with Crippen molar-refractivity contribution in [1.29, 1.82) is 0 Å². The standard InChI is InChI=1S/C39H50N4O6/c1-47-37(45)35(22-28-8-3-2-4-9-28)41-39(46)40-24-29-11-17-32(18-12-29)38-48-34(23-36(49-38)31-15-13-30(27-44)14-16-31)26-43-21-7-10-33(43)25-42-19-5-6-20-42/h2-4,8-9,11-18,33-36,38,44H,5-7,10,19-27H2,1H3,(H2,40,41,46). The lowest BCUT2D eigenvalue weighted by molar-refractivity contribution is -0.253. The largest absolute Gasteiger partial charge is 0.467 e. The van der Waals surface area contributed by atoms with Crippen LogP contribution in [0.2, 0.25) is 0 Å². The van der Waals surface area contributed by atoms with Crippen LogP contribution >= 0.6 is 0 Å². The maximum absolute atomic E-state index is 12.8. The van der Waals surface area contributed by atoms with E-state index in [0.717, 1.165) is 53.9 Å². The van der Waals surface area contributed by atoms with E-state index < -0.39 is 24.3 Å². The summed E-state index contributed by atoms with van der Waals surface area (Å²) < 4.78 is 18.2. The van der Waals surface area contributed by atoms with Gasteiger partial charge in [0, 0.05) is 44.1 Å². The fraction of sp³-hybridized carbons (Fsp3) is 0.487. The highest BCUT2D eigenvalue weighted by Crippen LogP contribution is 2.39. The molecular weight excluding hydrogens is 620 g/mol. The molecule has 0 bridgehead atoms. The summed E-state index contributed by atoms with van der Waals surface area (Å²) in [5.74, 6) is -0.497. The van der Waals surface area contributed by atoms with Crippen LogP contribution in [0.3, 0.4) is 0 Å². The minimum Gasteiger partial charge on any atom is -0.467 e. The molecule has 0 radical (unpaired) electrons. The number of rotatable bonds is 13. The van der Waals surface area contributed by atoms with Gasteiger partial charge in [-0.25, -0.2) is 9.59 Å². The molecule has 3 aliphatic rings. The van der Waals surface area contributed by atoms with Crippen LogP contribution in [0.25, 0.3) is 0 Å². The molecule has 5 unspecified atom stereocenters. The number of nitrogens with zero attached hydrogens (tertiary/aromatic N) is 2. The van der Waals surface area contributed by atoms with E-state index in [1.165, 1.54) is 45.9 Å². The molecule has 0 saturated carbocycles. The van der Waals surface area contributed by atoms with E-state index in [4.69, 9.17) is 14.2 Å². The number of urea groups is 1. The van der Waals surface area contributed by atoms with Crippen molar-refractivity contribution in [2.24, 2.45) is 0 Å². The average molecular weight is 671 g/mol. The summed E-state index contributed by atoms with van der Waals surface area (Å²) in [6, 6.07) is 24.8. The highest BCUT2D eigenvalue weighted by Gasteiger charge is 2.36. The van der Waals surface area contributed by atoms with Crippen LogP contribution in [-0.4, -0.2) is 84.9 Å². The lowest BCUT2D eigenvalue weighted by Gasteiger charge is -2.39. The average Bonchev–Trinajstić information content (AvgIpc) is 3.83.